The third-order valence-corrected chi connectivity index (χ3v) is 11.3. The van der Waals surface area contributed by atoms with Crippen LogP contribution in [0.3, 0.4) is 0 Å². The Morgan fingerprint density at radius 1 is 0.855 bits per heavy atom. The number of hydrogen-bond donors (Lipinski definition) is 2. The summed E-state index contributed by atoms with van der Waals surface area (Å²) < 4.78 is 23.8. The van der Waals surface area contributed by atoms with E-state index in [2.05, 4.69) is 15.6 Å². The van der Waals surface area contributed by atoms with Crippen molar-refractivity contribution in [3.05, 3.63) is 128 Å². The van der Waals surface area contributed by atoms with Crippen LogP contribution < -0.4 is 30.4 Å². The summed E-state index contributed by atoms with van der Waals surface area (Å²) in [7, 11) is 4.73. The van der Waals surface area contributed by atoms with Crippen LogP contribution in [-0.2, 0) is 29.2 Å². The first-order chi connectivity index (χ1) is 29.8. The van der Waals surface area contributed by atoms with E-state index in [4.69, 9.17) is 47.1 Å². The second-order valence-corrected chi connectivity index (χ2v) is 16.6. The van der Waals surface area contributed by atoms with Gasteiger partial charge in [0.2, 0.25) is 11.8 Å². The molecule has 0 spiro atoms. The fraction of sp³-hybridized carbons (Fsp3) is 0.298. The van der Waals surface area contributed by atoms with E-state index >= 15 is 0 Å². The number of hydrogen-bond acceptors (Lipinski definition) is 10. The molecule has 7 rings (SSSR count). The summed E-state index contributed by atoms with van der Waals surface area (Å²) in [5.41, 5.74) is 5.77. The maximum absolute atomic E-state index is 13.5. The van der Waals surface area contributed by atoms with E-state index in [-0.39, 0.29) is 30.6 Å². The standard InChI is InChI=1S/C47H48Cl2N6O7/c1-47(2,3)62-46(58)54(27-32-15-18-41(56)52-32)26-30-14-17-38(53-44(30)61-6)37-12-8-11-36(43(37)49)35-10-7-9-34(42(35)48)28-19-20-55-40(21-28)51-25-31(45(55)57)24-50-23-29-13-16-33(59-4)22-39(29)60-5/h7-14,16-17,19-22,25,32,50H,15,18,23-24,26-27H2,1-6H3,(H,52,56)/t32-/m0/s1. The zero-order valence-corrected chi connectivity index (χ0v) is 36.9. The van der Waals surface area contributed by atoms with Crippen molar-refractivity contribution in [3.63, 3.8) is 0 Å². The molecular weight excluding hydrogens is 831 g/mol. The molecule has 13 nitrogen and oxygen atoms in total. The highest BCUT2D eigenvalue weighted by Gasteiger charge is 2.29. The fourth-order valence-electron chi connectivity index (χ4n) is 7.36. The largest absolute Gasteiger partial charge is 0.497 e. The van der Waals surface area contributed by atoms with Crippen LogP contribution in [0.4, 0.5) is 4.79 Å². The van der Waals surface area contributed by atoms with Crippen LogP contribution in [-0.4, -0.2) is 70.8 Å². The number of fused-ring (bicyclic) bond motifs is 1. The summed E-state index contributed by atoms with van der Waals surface area (Å²) >= 11 is 14.4. The van der Waals surface area contributed by atoms with Gasteiger partial charge in [-0.2, -0.15) is 0 Å². The summed E-state index contributed by atoms with van der Waals surface area (Å²) in [5.74, 6) is 1.66. The second-order valence-electron chi connectivity index (χ2n) is 15.9. The molecule has 1 atom stereocenters. The Balaban J connectivity index is 1.11. The molecule has 0 radical (unpaired) electrons. The molecule has 15 heteroatoms. The molecule has 0 aliphatic carbocycles. The highest BCUT2D eigenvalue weighted by molar-refractivity contribution is 6.39. The second kappa shape index (κ2) is 18.9. The van der Waals surface area contributed by atoms with Crippen LogP contribution in [0.1, 0.15) is 50.3 Å². The molecule has 1 saturated heterocycles. The van der Waals surface area contributed by atoms with Gasteiger partial charge in [-0.15, -0.1) is 0 Å². The van der Waals surface area contributed by atoms with Crippen molar-refractivity contribution in [2.45, 2.75) is 64.9 Å². The van der Waals surface area contributed by atoms with Crippen LogP contribution in [0.25, 0.3) is 39.2 Å². The minimum atomic E-state index is -0.711. The van der Waals surface area contributed by atoms with Gasteiger partial charge in [-0.05, 0) is 63.1 Å². The maximum atomic E-state index is 13.5. The molecule has 322 valence electrons. The van der Waals surface area contributed by atoms with E-state index in [9.17, 15) is 14.4 Å². The molecule has 4 heterocycles. The van der Waals surface area contributed by atoms with Gasteiger partial charge in [0.15, 0.2) is 0 Å². The van der Waals surface area contributed by atoms with Crippen LogP contribution in [0.2, 0.25) is 10.0 Å². The fourth-order valence-corrected chi connectivity index (χ4v) is 8.03. The van der Waals surface area contributed by atoms with Crippen molar-refractivity contribution in [2.24, 2.45) is 0 Å². The van der Waals surface area contributed by atoms with E-state index in [0.29, 0.717) is 92.5 Å². The minimum absolute atomic E-state index is 0.0401. The highest BCUT2D eigenvalue weighted by Crippen LogP contribution is 2.42. The van der Waals surface area contributed by atoms with Gasteiger partial charge in [0.25, 0.3) is 5.56 Å². The van der Waals surface area contributed by atoms with Crippen LogP contribution in [0, 0.1) is 0 Å². The van der Waals surface area contributed by atoms with Crippen molar-refractivity contribution < 1.29 is 28.5 Å². The van der Waals surface area contributed by atoms with E-state index in [1.807, 2.05) is 99.6 Å². The molecule has 62 heavy (non-hydrogen) atoms. The Morgan fingerprint density at radius 3 is 2.23 bits per heavy atom. The van der Waals surface area contributed by atoms with Gasteiger partial charge in [0.05, 0.1) is 49.2 Å². The molecule has 3 aromatic carbocycles. The number of methoxy groups -OCH3 is 3. The van der Waals surface area contributed by atoms with Crippen molar-refractivity contribution in [2.75, 3.05) is 27.9 Å². The Hall–Kier alpha value is -6.15. The third kappa shape index (κ3) is 9.81. The predicted molar refractivity (Wildman–Crippen MR) is 240 cm³/mol. The first kappa shape index (κ1) is 43.9. The van der Waals surface area contributed by atoms with E-state index < -0.39 is 11.7 Å². The Kier molecular flexibility index (Phi) is 13.4. The van der Waals surface area contributed by atoms with Gasteiger partial charge >= 0.3 is 6.09 Å². The Morgan fingerprint density at radius 2 is 1.55 bits per heavy atom. The van der Waals surface area contributed by atoms with Crippen LogP contribution in [0.15, 0.2) is 96.1 Å². The summed E-state index contributed by atoms with van der Waals surface area (Å²) in [4.78, 5) is 49.8. The average molecular weight is 880 g/mol. The minimum Gasteiger partial charge on any atom is -0.497 e. The molecule has 0 saturated carbocycles. The zero-order valence-electron chi connectivity index (χ0n) is 35.4. The van der Waals surface area contributed by atoms with Crippen molar-refractivity contribution in [1.82, 2.24) is 29.9 Å². The lowest BCUT2D eigenvalue weighted by molar-refractivity contribution is -0.119. The molecule has 0 unspecified atom stereocenters. The molecule has 1 aliphatic rings. The summed E-state index contributed by atoms with van der Waals surface area (Å²) in [6.07, 6.45) is 3.82. The number of carbonyl (C=O) groups is 2. The van der Waals surface area contributed by atoms with Gasteiger partial charge in [-0.1, -0.05) is 65.7 Å². The molecule has 0 bridgehead atoms. The number of carbonyl (C=O) groups excluding carboxylic acids is 2. The average Bonchev–Trinajstić information content (AvgIpc) is 3.68. The molecule has 1 aliphatic heterocycles. The number of nitrogens with one attached hydrogen (secondary N) is 2. The summed E-state index contributed by atoms with van der Waals surface area (Å²) in [6, 6.07) is 24.1. The van der Waals surface area contributed by atoms with Crippen molar-refractivity contribution in [1.29, 1.82) is 0 Å². The number of benzene rings is 3. The molecular formula is C47H48Cl2N6O7. The molecule has 3 aromatic heterocycles. The zero-order chi connectivity index (χ0) is 44.1. The van der Waals surface area contributed by atoms with E-state index in [1.54, 1.807) is 31.5 Å². The van der Waals surface area contributed by atoms with Crippen LogP contribution in [0.5, 0.6) is 17.4 Å². The molecule has 2 amide bonds. The van der Waals surface area contributed by atoms with Gasteiger partial charge < -0.3 is 34.5 Å². The lowest BCUT2D eigenvalue weighted by Crippen LogP contribution is -2.43. The lowest BCUT2D eigenvalue weighted by atomic mass is 9.97. The highest BCUT2D eigenvalue weighted by atomic mass is 35.5. The van der Waals surface area contributed by atoms with Crippen molar-refractivity contribution in [3.8, 4) is 50.9 Å². The number of amides is 2. The Bertz CT molecular complexity index is 2700. The van der Waals surface area contributed by atoms with Gasteiger partial charge in [-0.3, -0.25) is 14.0 Å². The van der Waals surface area contributed by atoms with Crippen molar-refractivity contribution >= 4 is 40.8 Å². The number of pyridine rings is 2. The van der Waals surface area contributed by atoms with Gasteiger partial charge in [0.1, 0.15) is 22.7 Å². The number of halogens is 2. The smallest absolute Gasteiger partial charge is 0.410 e. The predicted octanol–water partition coefficient (Wildman–Crippen LogP) is 8.73. The molecule has 1 fully saturated rings. The van der Waals surface area contributed by atoms with E-state index in [0.717, 1.165) is 16.7 Å². The third-order valence-electron chi connectivity index (χ3n) is 10.5. The topological polar surface area (TPSA) is 146 Å². The van der Waals surface area contributed by atoms with Gasteiger partial charge in [0, 0.05) is 83.9 Å². The number of aromatic nitrogens is 3. The number of nitrogens with zero attached hydrogens (tertiary/aromatic N) is 4. The molecule has 2 N–H and O–H groups in total. The maximum Gasteiger partial charge on any atom is 0.410 e. The normalized spacial score (nSPS) is 13.8. The SMILES string of the molecule is COc1ccc(CNCc2cnc3cc(-c4cccc(-c5cccc(-c6ccc(CN(C[C@@H]7CCC(=O)N7)C(=O)OC(C)(C)C)c(OC)n6)c5Cl)c4Cl)ccn3c2=O)c(OC)c1. The molecule has 6 aromatic rings. The summed E-state index contributed by atoms with van der Waals surface area (Å²) in [5, 5.41) is 7.15. The quantitative estimate of drug-likeness (QED) is 0.109. The Labute approximate surface area is 369 Å². The number of ether oxygens (including phenoxy) is 4. The monoisotopic (exact) mass is 878 g/mol. The van der Waals surface area contributed by atoms with E-state index in [1.165, 1.54) is 11.5 Å². The summed E-state index contributed by atoms with van der Waals surface area (Å²) in [6.45, 7) is 6.63. The van der Waals surface area contributed by atoms with Crippen LogP contribution >= 0.6 is 23.2 Å². The first-order valence-electron chi connectivity index (χ1n) is 20.1. The lowest BCUT2D eigenvalue weighted by Gasteiger charge is -2.29. The first-order valence-corrected chi connectivity index (χ1v) is 20.8. The number of rotatable bonds is 14. The van der Waals surface area contributed by atoms with Gasteiger partial charge in [-0.25, -0.2) is 14.8 Å².